The molecule has 3 heterocycles. The average molecular weight is 705 g/mol. The molecule has 4 aliphatic rings. The molecule has 9 rings (SSSR count). The van der Waals surface area contributed by atoms with Crippen LogP contribution in [-0.4, -0.2) is 57.2 Å². The third-order valence-electron chi connectivity index (χ3n) is 12.1. The lowest BCUT2D eigenvalue weighted by atomic mass is 9.89. The van der Waals surface area contributed by atoms with Crippen molar-refractivity contribution in [2.45, 2.75) is 82.3 Å². The fourth-order valence-electron chi connectivity index (χ4n) is 9.04. The van der Waals surface area contributed by atoms with Crippen LogP contribution in [0.4, 0.5) is 5.82 Å². The van der Waals surface area contributed by atoms with Gasteiger partial charge in [-0.05, 0) is 125 Å². The zero-order valence-corrected chi connectivity index (χ0v) is 30.5. The third kappa shape index (κ3) is 6.66. The molecule has 270 valence electrons. The van der Waals surface area contributed by atoms with Crippen molar-refractivity contribution in [3.8, 4) is 22.3 Å². The topological polar surface area (TPSA) is 89.8 Å². The van der Waals surface area contributed by atoms with Gasteiger partial charge >= 0.3 is 0 Å². The summed E-state index contributed by atoms with van der Waals surface area (Å²) >= 11 is 0. The number of anilines is 1. The minimum Gasteiger partial charge on any atom is -0.392 e. The molecule has 0 radical (unpaired) electrons. The first-order valence-electron chi connectivity index (χ1n) is 19.5. The predicted octanol–water partition coefficient (Wildman–Crippen LogP) is 8.48. The number of aliphatic hydroxyl groups is 2. The van der Waals surface area contributed by atoms with Crippen LogP contribution >= 0.6 is 0 Å². The Bertz CT molecular complexity index is 2170. The Labute approximate surface area is 312 Å². The van der Waals surface area contributed by atoms with Gasteiger partial charge in [-0.2, -0.15) is 0 Å². The highest BCUT2D eigenvalue weighted by atomic mass is 16.3. The zero-order valence-electron chi connectivity index (χ0n) is 30.5. The smallest absolute Gasteiger partial charge is 0.276 e. The van der Waals surface area contributed by atoms with Gasteiger partial charge in [0.2, 0.25) is 0 Å². The fourth-order valence-corrected chi connectivity index (χ4v) is 9.04. The van der Waals surface area contributed by atoms with Gasteiger partial charge in [0.1, 0.15) is 0 Å². The number of aromatic nitrogens is 2. The second kappa shape index (κ2) is 14.2. The molecule has 4 aromatic carbocycles. The summed E-state index contributed by atoms with van der Waals surface area (Å²) in [6.45, 7) is 4.54. The first-order chi connectivity index (χ1) is 26.0. The lowest BCUT2D eigenvalue weighted by molar-refractivity contribution is 0.0785. The highest BCUT2D eigenvalue weighted by Gasteiger charge is 2.35. The van der Waals surface area contributed by atoms with E-state index in [1.807, 2.05) is 11.8 Å². The number of benzene rings is 4. The Hall–Kier alpha value is -4.85. The van der Waals surface area contributed by atoms with Crippen molar-refractivity contribution in [1.29, 1.82) is 0 Å². The summed E-state index contributed by atoms with van der Waals surface area (Å²) in [5.74, 6) is 2.20. The average Bonchev–Trinajstić information content (AvgIpc) is 4.14. The van der Waals surface area contributed by atoms with E-state index in [0.717, 1.165) is 52.9 Å². The van der Waals surface area contributed by atoms with Crippen molar-refractivity contribution in [2.75, 3.05) is 31.1 Å². The molecule has 2 saturated carbocycles. The number of amides is 1. The minimum atomic E-state index is -0.0857. The van der Waals surface area contributed by atoms with Gasteiger partial charge < -0.3 is 20.0 Å². The maximum atomic E-state index is 14.3. The Morgan fingerprint density at radius 3 is 1.77 bits per heavy atom. The monoisotopic (exact) mass is 704 g/mol. The van der Waals surface area contributed by atoms with E-state index in [0.29, 0.717) is 43.0 Å². The number of carbonyl (C=O) groups excluding carboxylic acids is 1. The van der Waals surface area contributed by atoms with Crippen molar-refractivity contribution in [3.63, 3.8) is 0 Å². The van der Waals surface area contributed by atoms with E-state index in [9.17, 15) is 15.0 Å². The summed E-state index contributed by atoms with van der Waals surface area (Å²) in [5, 5.41) is 21.0. The molecule has 7 heteroatoms. The van der Waals surface area contributed by atoms with Crippen LogP contribution in [0, 0.1) is 6.92 Å². The van der Waals surface area contributed by atoms with Gasteiger partial charge in [0.25, 0.3) is 5.91 Å². The standard InChI is InChI=1S/C46H48N4O3/c1-29-24-47-45(49-20-18-34(25-49)38-16-14-32(22-36(38)27-51)42-8-4-2-6-40(42)30-10-11-30)44(48-29)46(53)50-21-19-35(26-50)39-17-15-33(23-37(39)28-52)43-9-5-3-7-41(43)31-12-13-31/h2-9,14-17,22-24,30-31,34-35,51-52H,10-13,18-21,25-28H2,1H3. The summed E-state index contributed by atoms with van der Waals surface area (Å²) in [4.78, 5) is 28.0. The Morgan fingerprint density at radius 2 is 1.21 bits per heavy atom. The first-order valence-corrected chi connectivity index (χ1v) is 19.5. The highest BCUT2D eigenvalue weighted by Crippen LogP contribution is 2.46. The second-order valence-corrected chi connectivity index (χ2v) is 15.7. The van der Waals surface area contributed by atoms with Gasteiger partial charge in [0.05, 0.1) is 25.1 Å². The summed E-state index contributed by atoms with van der Waals surface area (Å²) < 4.78 is 0. The normalized spacial score (nSPS) is 20.0. The molecule has 0 spiro atoms. The zero-order chi connectivity index (χ0) is 36.1. The number of rotatable bonds is 10. The molecule has 4 fully saturated rings. The summed E-state index contributed by atoms with van der Waals surface area (Å²) in [6, 6.07) is 30.4. The molecule has 2 unspecified atom stereocenters. The van der Waals surface area contributed by atoms with Crippen molar-refractivity contribution >= 4 is 11.7 Å². The number of carbonyl (C=O) groups is 1. The van der Waals surface area contributed by atoms with Crippen molar-refractivity contribution < 1.29 is 15.0 Å². The molecule has 53 heavy (non-hydrogen) atoms. The largest absolute Gasteiger partial charge is 0.392 e. The van der Waals surface area contributed by atoms with E-state index in [4.69, 9.17) is 9.97 Å². The molecule has 2 atom stereocenters. The number of aliphatic hydroxyl groups excluding tert-OH is 2. The third-order valence-corrected chi connectivity index (χ3v) is 12.1. The van der Waals surface area contributed by atoms with Crippen LogP contribution in [0.15, 0.2) is 91.1 Å². The molecule has 2 aliphatic carbocycles. The molecule has 5 aromatic rings. The molecule has 1 amide bonds. The van der Waals surface area contributed by atoms with Crippen LogP contribution in [-0.2, 0) is 13.2 Å². The van der Waals surface area contributed by atoms with Gasteiger partial charge in [-0.3, -0.25) is 4.79 Å². The van der Waals surface area contributed by atoms with Gasteiger partial charge in [0, 0.05) is 38.0 Å². The number of hydrogen-bond donors (Lipinski definition) is 2. The number of nitrogens with zero attached hydrogens (tertiary/aromatic N) is 4. The molecular weight excluding hydrogens is 657 g/mol. The quantitative estimate of drug-likeness (QED) is 0.152. The molecule has 0 bridgehead atoms. The van der Waals surface area contributed by atoms with Crippen LogP contribution in [0.3, 0.4) is 0 Å². The molecule has 2 saturated heterocycles. The van der Waals surface area contributed by atoms with E-state index in [1.54, 1.807) is 6.20 Å². The molecule has 7 nitrogen and oxygen atoms in total. The van der Waals surface area contributed by atoms with Crippen LogP contribution in [0.1, 0.15) is 112 Å². The van der Waals surface area contributed by atoms with Crippen molar-refractivity contribution in [2.24, 2.45) is 0 Å². The summed E-state index contributed by atoms with van der Waals surface area (Å²) in [5.41, 5.74) is 13.0. The van der Waals surface area contributed by atoms with Crippen LogP contribution in [0.2, 0.25) is 0 Å². The predicted molar refractivity (Wildman–Crippen MR) is 209 cm³/mol. The van der Waals surface area contributed by atoms with Crippen LogP contribution in [0.5, 0.6) is 0 Å². The number of likely N-dealkylation sites (tertiary alicyclic amines) is 1. The Balaban J connectivity index is 0.922. The molecule has 2 N–H and O–H groups in total. The lowest BCUT2D eigenvalue weighted by Gasteiger charge is -2.23. The first kappa shape index (κ1) is 34.0. The van der Waals surface area contributed by atoms with Gasteiger partial charge in [-0.25, -0.2) is 9.97 Å². The molecular formula is C46H48N4O3. The van der Waals surface area contributed by atoms with E-state index >= 15 is 0 Å². The van der Waals surface area contributed by atoms with Crippen molar-refractivity contribution in [1.82, 2.24) is 14.9 Å². The van der Waals surface area contributed by atoms with Crippen molar-refractivity contribution in [3.05, 3.63) is 136 Å². The van der Waals surface area contributed by atoms with Gasteiger partial charge in [0.15, 0.2) is 11.5 Å². The maximum Gasteiger partial charge on any atom is 0.276 e. The summed E-state index contributed by atoms with van der Waals surface area (Å²) in [7, 11) is 0. The summed E-state index contributed by atoms with van der Waals surface area (Å²) in [6.07, 6.45) is 8.49. The fraction of sp³-hybridized carbons (Fsp3) is 0.370. The number of hydrogen-bond acceptors (Lipinski definition) is 6. The Kier molecular flexibility index (Phi) is 9.08. The van der Waals surface area contributed by atoms with Crippen LogP contribution in [0.25, 0.3) is 22.3 Å². The van der Waals surface area contributed by atoms with E-state index < -0.39 is 0 Å². The molecule has 2 aliphatic heterocycles. The van der Waals surface area contributed by atoms with E-state index in [-0.39, 0.29) is 31.0 Å². The second-order valence-electron chi connectivity index (χ2n) is 15.7. The minimum absolute atomic E-state index is 0.00997. The van der Waals surface area contributed by atoms with Gasteiger partial charge in [-0.1, -0.05) is 72.8 Å². The molecule has 1 aromatic heterocycles. The SMILES string of the molecule is Cc1cnc(N2CCC(c3ccc(-c4ccccc4C4CC4)cc3CO)C2)c(C(=O)N2CCC(c3ccc(-c4ccccc4C4CC4)cc3CO)C2)n1. The van der Waals surface area contributed by atoms with E-state index in [1.165, 1.54) is 53.5 Å². The van der Waals surface area contributed by atoms with E-state index in [2.05, 4.69) is 89.8 Å². The van der Waals surface area contributed by atoms with Gasteiger partial charge in [-0.15, -0.1) is 0 Å². The lowest BCUT2D eigenvalue weighted by Crippen LogP contribution is -2.32. The highest BCUT2D eigenvalue weighted by molar-refractivity contribution is 5.97. The maximum absolute atomic E-state index is 14.3. The Morgan fingerprint density at radius 1 is 0.660 bits per heavy atom. The number of aryl methyl sites for hydroxylation is 1. The van der Waals surface area contributed by atoms with Crippen LogP contribution < -0.4 is 4.90 Å².